The average molecular weight is 185 g/mol. The molecule has 0 nitrogen and oxygen atoms in total. The fourth-order valence-corrected chi connectivity index (χ4v) is 0. The van der Waals surface area contributed by atoms with Gasteiger partial charge in [-0.15, -0.1) is 0 Å². The molecule has 0 amide bonds. The van der Waals surface area contributed by atoms with E-state index in [0.29, 0.717) is 5.92 Å². The average Bonchev–Trinajstić information content (AvgIpc) is 1.36. The van der Waals surface area contributed by atoms with Crippen LogP contribution < -0.4 is 0 Å². The van der Waals surface area contributed by atoms with E-state index in [4.69, 9.17) is 1.37 Å². The molecule has 32 valence electrons. The molecular formula is C4H9I. The third-order valence-corrected chi connectivity index (χ3v) is 1.69. The lowest BCUT2D eigenvalue weighted by Crippen LogP contribution is -1.82. The van der Waals surface area contributed by atoms with Gasteiger partial charge in [0, 0.05) is 5.77 Å². The quantitative estimate of drug-likeness (QED) is 0.433. The summed E-state index contributed by atoms with van der Waals surface area (Å²) in [5.74, 6) is 0.505. The van der Waals surface area contributed by atoms with E-state index in [2.05, 4.69) is 22.6 Å². The van der Waals surface area contributed by atoms with E-state index in [-0.39, 0.29) is 4.40 Å². The summed E-state index contributed by atoms with van der Waals surface area (Å²) in [6.45, 7) is 4.09. The maximum atomic E-state index is 7.02. The van der Waals surface area contributed by atoms with Crippen LogP contribution in [0.3, 0.4) is 0 Å². The molecule has 0 aliphatic rings. The van der Waals surface area contributed by atoms with Crippen LogP contribution in [0, 0.1) is 5.92 Å². The minimum absolute atomic E-state index is 0.0719. The van der Waals surface area contributed by atoms with Gasteiger partial charge in [0.15, 0.2) is 0 Å². The van der Waals surface area contributed by atoms with Gasteiger partial charge in [-0.25, -0.2) is 0 Å². The summed E-state index contributed by atoms with van der Waals surface area (Å²) in [7, 11) is 0. The van der Waals surface area contributed by atoms with E-state index >= 15 is 0 Å². The predicted molar refractivity (Wildman–Crippen MR) is 33.7 cm³/mol. The molecule has 0 saturated heterocycles. The van der Waals surface area contributed by atoms with Crippen LogP contribution in [-0.2, 0) is 0 Å². The number of rotatable bonds is 1. The first-order valence-electron chi connectivity index (χ1n) is 2.28. The smallest absolute Gasteiger partial charge is 0.0380 e. The van der Waals surface area contributed by atoms with Crippen LogP contribution in [0.25, 0.3) is 0 Å². The Hall–Kier alpha value is 0.730. The Labute approximate surface area is 48.5 Å². The molecule has 0 aromatic carbocycles. The molecular weight excluding hydrogens is 175 g/mol. The lowest BCUT2D eigenvalue weighted by atomic mass is 10.3. The maximum Gasteiger partial charge on any atom is 0.0380 e. The molecule has 0 heterocycles. The van der Waals surface area contributed by atoms with Crippen LogP contribution in [0.2, 0.25) is 0 Å². The van der Waals surface area contributed by atoms with Crippen molar-refractivity contribution in [1.29, 1.82) is 0 Å². The topological polar surface area (TPSA) is 0 Å². The first kappa shape index (κ1) is 3.90. The zero-order valence-corrected chi connectivity index (χ0v) is 5.69. The molecule has 0 saturated carbocycles. The normalized spacial score (nSPS) is 18.8. The van der Waals surface area contributed by atoms with Gasteiger partial charge in [0.1, 0.15) is 0 Å². The fourth-order valence-electron chi connectivity index (χ4n) is 0. The Morgan fingerprint density at radius 1 is 2.00 bits per heavy atom. The van der Waals surface area contributed by atoms with Gasteiger partial charge in [0.05, 0.1) is 0 Å². The Kier molecular flexibility index (Phi) is 2.30. The lowest BCUT2D eigenvalue weighted by Gasteiger charge is -1.88. The molecule has 1 unspecified atom stereocenters. The summed E-state index contributed by atoms with van der Waals surface area (Å²) in [4.78, 5) is 0. The van der Waals surface area contributed by atoms with Gasteiger partial charge in [-0.1, -0.05) is 36.4 Å². The van der Waals surface area contributed by atoms with Crippen molar-refractivity contribution in [2.75, 3.05) is 4.40 Å². The van der Waals surface area contributed by atoms with Crippen LogP contribution >= 0.6 is 22.6 Å². The second kappa shape index (κ2) is 2.94. The van der Waals surface area contributed by atoms with Crippen molar-refractivity contribution in [3.63, 3.8) is 0 Å². The third-order valence-electron chi connectivity index (χ3n) is 0.252. The van der Waals surface area contributed by atoms with Crippen LogP contribution in [0.5, 0.6) is 0 Å². The SMILES string of the molecule is [2H]C(I)C(C)C. The predicted octanol–water partition coefficient (Wildman–Crippen LogP) is 2.08. The van der Waals surface area contributed by atoms with Gasteiger partial charge < -0.3 is 0 Å². The van der Waals surface area contributed by atoms with Gasteiger partial charge in [-0.2, -0.15) is 0 Å². The molecule has 0 radical (unpaired) electrons. The van der Waals surface area contributed by atoms with Crippen LogP contribution in [-0.4, -0.2) is 4.40 Å². The second-order valence-electron chi connectivity index (χ2n) is 1.37. The van der Waals surface area contributed by atoms with E-state index in [0.717, 1.165) is 0 Å². The Bertz CT molecular complexity index is 28.5. The number of halogens is 1. The van der Waals surface area contributed by atoms with Crippen LogP contribution in [0.15, 0.2) is 0 Å². The van der Waals surface area contributed by atoms with Gasteiger partial charge in [-0.3, -0.25) is 0 Å². The van der Waals surface area contributed by atoms with Crippen molar-refractivity contribution in [2.45, 2.75) is 13.8 Å². The summed E-state index contributed by atoms with van der Waals surface area (Å²) in [5.41, 5.74) is 0. The summed E-state index contributed by atoms with van der Waals surface area (Å²) in [6.07, 6.45) is 0. The van der Waals surface area contributed by atoms with Gasteiger partial charge in [-0.05, 0) is 5.92 Å². The van der Waals surface area contributed by atoms with E-state index < -0.39 is 0 Å². The van der Waals surface area contributed by atoms with Crippen LogP contribution in [0.1, 0.15) is 15.2 Å². The standard InChI is InChI=1S/C4H9I/c1-4(2)3-5/h4H,3H2,1-2H3/i3D. The summed E-state index contributed by atoms with van der Waals surface area (Å²) in [5, 5.41) is 0. The summed E-state index contributed by atoms with van der Waals surface area (Å²) < 4.78 is 7.09. The Balaban J connectivity index is 2.99. The fraction of sp³-hybridized carbons (Fsp3) is 1.00. The third kappa shape index (κ3) is 4.73. The molecule has 0 fully saturated rings. The first-order chi connectivity index (χ1) is 2.64. The molecule has 5 heavy (non-hydrogen) atoms. The summed E-state index contributed by atoms with van der Waals surface area (Å²) >= 11 is 2.10. The van der Waals surface area contributed by atoms with E-state index in [1.165, 1.54) is 0 Å². The zero-order valence-electron chi connectivity index (χ0n) is 4.53. The van der Waals surface area contributed by atoms with Crippen molar-refractivity contribution in [1.82, 2.24) is 0 Å². The molecule has 1 atom stereocenters. The largest absolute Gasteiger partial charge is 0.0861 e. The van der Waals surface area contributed by atoms with E-state index in [1.54, 1.807) is 0 Å². The number of alkyl halides is 1. The minimum Gasteiger partial charge on any atom is -0.0861 e. The highest BCUT2D eigenvalue weighted by Crippen LogP contribution is 1.95. The maximum absolute atomic E-state index is 7.02. The number of hydrogen-bond acceptors (Lipinski definition) is 0. The van der Waals surface area contributed by atoms with Gasteiger partial charge in [0.2, 0.25) is 0 Å². The van der Waals surface area contributed by atoms with E-state index in [1.807, 2.05) is 13.8 Å². The van der Waals surface area contributed by atoms with Crippen molar-refractivity contribution >= 4 is 22.6 Å². The molecule has 1 heteroatoms. The molecule has 0 bridgehead atoms. The highest BCUT2D eigenvalue weighted by molar-refractivity contribution is 14.1. The Morgan fingerprint density at radius 2 is 2.20 bits per heavy atom. The number of hydrogen-bond donors (Lipinski definition) is 0. The molecule has 0 aromatic heterocycles. The van der Waals surface area contributed by atoms with Gasteiger partial charge >= 0.3 is 0 Å². The molecule has 0 aliphatic heterocycles. The zero-order chi connectivity index (χ0) is 5.15. The lowest BCUT2D eigenvalue weighted by molar-refractivity contribution is 0.763. The molecule has 0 rings (SSSR count). The van der Waals surface area contributed by atoms with Crippen LogP contribution in [0.4, 0.5) is 0 Å². The molecule has 0 spiro atoms. The molecule has 0 aliphatic carbocycles. The van der Waals surface area contributed by atoms with Crippen molar-refractivity contribution in [2.24, 2.45) is 5.92 Å². The first-order valence-corrected chi connectivity index (χ1v) is 2.95. The monoisotopic (exact) mass is 185 g/mol. The minimum atomic E-state index is 0.0719. The highest BCUT2D eigenvalue weighted by atomic mass is 127. The molecule has 0 N–H and O–H groups in total. The van der Waals surface area contributed by atoms with Crippen molar-refractivity contribution < 1.29 is 1.37 Å². The van der Waals surface area contributed by atoms with Gasteiger partial charge in [0.25, 0.3) is 0 Å². The van der Waals surface area contributed by atoms with E-state index in [9.17, 15) is 0 Å². The van der Waals surface area contributed by atoms with Crippen molar-refractivity contribution in [3.05, 3.63) is 0 Å². The summed E-state index contributed by atoms with van der Waals surface area (Å²) in [6, 6.07) is 0. The highest BCUT2D eigenvalue weighted by Gasteiger charge is 1.81. The van der Waals surface area contributed by atoms with Crippen molar-refractivity contribution in [3.8, 4) is 0 Å². The second-order valence-corrected chi connectivity index (χ2v) is 2.09. The Morgan fingerprint density at radius 3 is 2.20 bits per heavy atom. The molecule has 0 aromatic rings.